The molecular formula is C22H21F4N5O3. The van der Waals surface area contributed by atoms with Gasteiger partial charge in [-0.25, -0.2) is 9.07 Å². The first-order chi connectivity index (χ1) is 16.4. The van der Waals surface area contributed by atoms with Crippen LogP contribution in [0, 0.1) is 5.82 Å². The van der Waals surface area contributed by atoms with Gasteiger partial charge in [-0.2, -0.15) is 18.3 Å². The second-order valence-electron chi connectivity index (χ2n) is 7.30. The maximum atomic E-state index is 13.6. The number of nitrogens with two attached hydrogens (primary N) is 2. The number of amides is 2. The lowest BCUT2D eigenvalue weighted by molar-refractivity contribution is -0.164. The fourth-order valence-corrected chi connectivity index (χ4v) is 3.19. The van der Waals surface area contributed by atoms with Crippen LogP contribution in [0.1, 0.15) is 40.6 Å². The lowest BCUT2D eigenvalue weighted by Crippen LogP contribution is -2.26. The van der Waals surface area contributed by atoms with E-state index in [-0.39, 0.29) is 34.7 Å². The molecule has 0 radical (unpaired) electrons. The number of anilines is 1. The van der Waals surface area contributed by atoms with Crippen LogP contribution in [0.4, 0.5) is 23.4 Å². The van der Waals surface area contributed by atoms with E-state index in [1.165, 1.54) is 18.2 Å². The fraction of sp³-hybridized carbons (Fsp3) is 0.227. The lowest BCUT2D eigenvalue weighted by Gasteiger charge is -2.17. The molecule has 1 aromatic heterocycles. The summed E-state index contributed by atoms with van der Waals surface area (Å²) in [6.07, 6.45) is -4.65. The molecule has 2 amide bonds. The number of rotatable bonds is 7. The summed E-state index contributed by atoms with van der Waals surface area (Å²) in [5, 5.41) is 6.47. The molecule has 0 saturated heterocycles. The lowest BCUT2D eigenvalue weighted by atomic mass is 10.0. The van der Waals surface area contributed by atoms with E-state index in [2.05, 4.69) is 10.4 Å². The second kappa shape index (κ2) is 9.41. The van der Waals surface area contributed by atoms with Crippen molar-refractivity contribution >= 4 is 17.6 Å². The first-order valence-corrected chi connectivity index (χ1v) is 9.77. The first-order valence-electron chi connectivity index (χ1n) is 10.5. The van der Waals surface area contributed by atoms with Crippen LogP contribution in [0.3, 0.4) is 0 Å². The minimum Gasteiger partial charge on any atom is -0.496 e. The highest BCUT2D eigenvalue weighted by Gasteiger charge is 2.40. The summed E-state index contributed by atoms with van der Waals surface area (Å²) in [6.45, 7) is 0.864. The number of nitrogens with zero attached hydrogens (tertiary/aromatic N) is 2. The quantitative estimate of drug-likeness (QED) is 0.447. The molecule has 34 heavy (non-hydrogen) atoms. The molecule has 1 atom stereocenters. The van der Waals surface area contributed by atoms with Gasteiger partial charge >= 0.3 is 6.18 Å². The molecule has 0 spiro atoms. The number of hydrogen-bond donors (Lipinski definition) is 3. The molecule has 1 heterocycles. The van der Waals surface area contributed by atoms with Gasteiger partial charge in [0.25, 0.3) is 11.8 Å². The maximum absolute atomic E-state index is 13.6. The zero-order valence-corrected chi connectivity index (χ0v) is 17.8. The van der Waals surface area contributed by atoms with E-state index in [0.717, 1.165) is 19.1 Å². The van der Waals surface area contributed by atoms with Crippen LogP contribution in [0.15, 0.2) is 42.5 Å². The predicted molar refractivity (Wildman–Crippen MR) is 115 cm³/mol. The Bertz CT molecular complexity index is 1250. The van der Waals surface area contributed by atoms with Gasteiger partial charge in [0.1, 0.15) is 34.7 Å². The Labute approximate surface area is 192 Å². The number of halogens is 4. The summed E-state index contributed by atoms with van der Waals surface area (Å²) in [4.78, 5) is 24.4. The van der Waals surface area contributed by atoms with Crippen LogP contribution < -0.4 is 21.5 Å². The number of carbonyl (C=O) groups excluding carboxylic acids is 2. The summed E-state index contributed by atoms with van der Waals surface area (Å²) < 4.78 is 65.7. The first kappa shape index (κ1) is 23.1. The third-order valence-corrected chi connectivity index (χ3v) is 5.06. The number of carbonyl (C=O) groups is 2. The topological polar surface area (TPSA) is 125 Å². The van der Waals surface area contributed by atoms with E-state index in [1.54, 1.807) is 12.1 Å². The van der Waals surface area contributed by atoms with Gasteiger partial charge in [-0.1, -0.05) is 24.3 Å². The van der Waals surface area contributed by atoms with Gasteiger partial charge in [0.2, 0.25) is 0 Å². The Morgan fingerprint density at radius 2 is 1.91 bits per heavy atom. The molecule has 1 unspecified atom stereocenters. The highest BCUT2D eigenvalue weighted by Crippen LogP contribution is 2.35. The number of nitrogen functional groups attached to an aromatic ring is 1. The monoisotopic (exact) mass is 480 g/mol. The Morgan fingerprint density at radius 3 is 2.50 bits per heavy atom. The van der Waals surface area contributed by atoms with E-state index in [9.17, 15) is 27.2 Å². The fourth-order valence-electron chi connectivity index (χ4n) is 3.19. The van der Waals surface area contributed by atoms with Crippen LogP contribution >= 0.6 is 0 Å². The molecule has 5 N–H and O–H groups in total. The van der Waals surface area contributed by atoms with Crippen LogP contribution in [0.5, 0.6) is 5.75 Å². The van der Waals surface area contributed by atoms with Crippen molar-refractivity contribution in [2.75, 3.05) is 12.8 Å². The summed E-state index contributed by atoms with van der Waals surface area (Å²) in [7, 11) is -0.456. The molecule has 3 rings (SSSR count). The number of hydrogen-bond acceptors (Lipinski definition) is 5. The average molecular weight is 480 g/mol. The van der Waals surface area contributed by atoms with Crippen LogP contribution in [-0.4, -0.2) is 34.9 Å². The predicted octanol–water partition coefficient (Wildman–Crippen LogP) is 3.43. The molecule has 8 nitrogen and oxygen atoms in total. The molecule has 12 heteroatoms. The average Bonchev–Trinajstić information content (AvgIpc) is 3.15. The van der Waals surface area contributed by atoms with E-state index in [0.29, 0.717) is 10.2 Å². The molecule has 0 fully saturated rings. The molecule has 0 bridgehead atoms. The molecule has 0 aliphatic heterocycles. The molecule has 3 aromatic rings. The van der Waals surface area contributed by atoms with Crippen molar-refractivity contribution in [2.24, 2.45) is 5.73 Å². The largest absolute Gasteiger partial charge is 0.496 e. The van der Waals surface area contributed by atoms with E-state index in [4.69, 9.17) is 17.6 Å². The Kier molecular flexibility index (Phi) is 6.39. The number of nitrogens with one attached hydrogen (secondary N) is 1. The summed E-state index contributed by atoms with van der Waals surface area (Å²) in [5.74, 6) is -2.78. The number of alkyl halides is 3. The summed E-state index contributed by atoms with van der Waals surface area (Å²) >= 11 is 0. The van der Waals surface area contributed by atoms with Crippen molar-refractivity contribution in [1.82, 2.24) is 15.1 Å². The van der Waals surface area contributed by atoms with Crippen molar-refractivity contribution in [2.45, 2.75) is 25.7 Å². The Hall–Kier alpha value is -4.09. The summed E-state index contributed by atoms with van der Waals surface area (Å²) in [6, 6.07) is 7.31. The highest BCUT2D eigenvalue weighted by atomic mass is 19.4. The SMILES string of the molecule is [2H]COc1ccc(F)cc1C(=O)NCc1ccc(-c2nn(C(C)C(F)(F)F)c(N)c2C(N)=O)cc1. The van der Waals surface area contributed by atoms with E-state index >= 15 is 0 Å². The normalized spacial score (nSPS) is 12.7. The third-order valence-electron chi connectivity index (χ3n) is 5.06. The molecule has 0 saturated carbocycles. The number of aromatic nitrogens is 2. The molecule has 0 aliphatic carbocycles. The number of methoxy groups -OCH3 is 1. The van der Waals surface area contributed by atoms with Crippen LogP contribution in [-0.2, 0) is 6.54 Å². The molecule has 0 aliphatic rings. The zero-order valence-electron chi connectivity index (χ0n) is 18.8. The number of benzene rings is 2. The van der Waals surface area contributed by atoms with Gasteiger partial charge < -0.3 is 21.5 Å². The van der Waals surface area contributed by atoms with Crippen LogP contribution in [0.25, 0.3) is 11.3 Å². The van der Waals surface area contributed by atoms with Gasteiger partial charge in [-0.3, -0.25) is 9.59 Å². The second-order valence-corrected chi connectivity index (χ2v) is 7.30. The maximum Gasteiger partial charge on any atom is 0.410 e. The van der Waals surface area contributed by atoms with Gasteiger partial charge in [0.15, 0.2) is 0 Å². The molecule has 180 valence electrons. The number of primary amides is 1. The van der Waals surface area contributed by atoms with Crippen molar-refractivity contribution < 1.29 is 33.3 Å². The number of ether oxygens (including phenoxy) is 1. The van der Waals surface area contributed by atoms with Crippen molar-refractivity contribution in [1.29, 1.82) is 0 Å². The molecular weight excluding hydrogens is 458 g/mol. The van der Waals surface area contributed by atoms with Gasteiger partial charge in [0.05, 0.1) is 14.0 Å². The third kappa shape index (κ3) is 4.95. The molecule has 2 aromatic carbocycles. The van der Waals surface area contributed by atoms with Crippen molar-refractivity contribution in [3.8, 4) is 17.0 Å². The van der Waals surface area contributed by atoms with E-state index < -0.39 is 42.8 Å². The van der Waals surface area contributed by atoms with Gasteiger partial charge in [-0.15, -0.1) is 0 Å². The van der Waals surface area contributed by atoms with Gasteiger partial charge in [0, 0.05) is 12.1 Å². The standard InChI is InChI=1S/C22H21F4N5O3/c1-11(22(24,25)26)31-19(27)17(20(28)32)18(30-31)13-5-3-12(4-6-13)10-29-21(33)15-9-14(23)7-8-16(15)34-2/h3-9,11H,10,27H2,1-2H3,(H2,28,32)(H,29,33)/i2D. The minimum absolute atomic E-state index is 0.0142. The highest BCUT2D eigenvalue weighted by molar-refractivity contribution is 6.03. The van der Waals surface area contributed by atoms with Gasteiger partial charge in [-0.05, 0) is 30.7 Å². The van der Waals surface area contributed by atoms with E-state index in [1.807, 2.05) is 0 Å². The Balaban J connectivity index is 1.82. The van der Waals surface area contributed by atoms with Crippen LogP contribution in [0.2, 0.25) is 0 Å². The Morgan fingerprint density at radius 1 is 1.24 bits per heavy atom. The zero-order chi connectivity index (χ0) is 25.9. The summed E-state index contributed by atoms with van der Waals surface area (Å²) in [5.41, 5.74) is 11.4. The van der Waals surface area contributed by atoms with Crippen molar-refractivity contribution in [3.63, 3.8) is 0 Å². The van der Waals surface area contributed by atoms with Crippen molar-refractivity contribution in [3.05, 3.63) is 65.0 Å². The minimum atomic E-state index is -4.65. The smallest absolute Gasteiger partial charge is 0.410 e.